The fraction of sp³-hybridized carbons (Fsp3) is 0.882. The second kappa shape index (κ2) is 10.1. The smallest absolute Gasteiger partial charge is 0.313 e. The predicted molar refractivity (Wildman–Crippen MR) is 156 cm³/mol. The van der Waals surface area contributed by atoms with Gasteiger partial charge in [0, 0.05) is 6.54 Å². The van der Waals surface area contributed by atoms with E-state index in [2.05, 4.69) is 59.9 Å². The number of ether oxygens (including phenoxy) is 1. The van der Waals surface area contributed by atoms with Crippen LogP contribution >= 0.6 is 0 Å². The van der Waals surface area contributed by atoms with Gasteiger partial charge in [-0.3, -0.25) is 9.59 Å². The van der Waals surface area contributed by atoms with Crippen molar-refractivity contribution >= 4 is 11.9 Å². The average Bonchev–Trinajstić information content (AvgIpc) is 2.90. The molecular formula is C34H55NO5. The van der Waals surface area contributed by atoms with Crippen molar-refractivity contribution in [1.29, 1.82) is 0 Å². The van der Waals surface area contributed by atoms with Crippen molar-refractivity contribution in [3.8, 4) is 0 Å². The van der Waals surface area contributed by atoms with E-state index in [1.54, 1.807) is 0 Å². The molecule has 0 radical (unpaired) electrons. The second-order valence-electron chi connectivity index (χ2n) is 15.8. The van der Waals surface area contributed by atoms with Crippen LogP contribution in [-0.2, 0) is 14.3 Å². The normalized spacial score (nSPS) is 47.5. The summed E-state index contributed by atoms with van der Waals surface area (Å²) in [5.74, 6) is 1.55. The summed E-state index contributed by atoms with van der Waals surface area (Å²) in [6.45, 7) is 16.6. The van der Waals surface area contributed by atoms with Gasteiger partial charge < -0.3 is 20.3 Å². The van der Waals surface area contributed by atoms with Crippen LogP contribution in [0.15, 0.2) is 11.6 Å². The van der Waals surface area contributed by atoms with Crippen molar-refractivity contribution in [3.63, 3.8) is 0 Å². The van der Waals surface area contributed by atoms with Gasteiger partial charge in [0.05, 0.1) is 18.1 Å². The maximum absolute atomic E-state index is 14.0. The molecule has 6 heteroatoms. The largest absolute Gasteiger partial charge is 0.455 e. The minimum atomic E-state index is -0.574. The van der Waals surface area contributed by atoms with Crippen LogP contribution in [0.5, 0.6) is 0 Å². The van der Waals surface area contributed by atoms with E-state index in [9.17, 15) is 14.7 Å². The molecule has 0 aromatic rings. The van der Waals surface area contributed by atoms with Gasteiger partial charge in [0.2, 0.25) is 0 Å². The molecule has 3 N–H and O–H groups in total. The summed E-state index contributed by atoms with van der Waals surface area (Å²) in [6, 6.07) is 0. The van der Waals surface area contributed by atoms with Gasteiger partial charge in [-0.2, -0.15) is 0 Å². The van der Waals surface area contributed by atoms with Crippen LogP contribution in [0.25, 0.3) is 0 Å². The Kier molecular flexibility index (Phi) is 7.60. The molecule has 5 rings (SSSR count). The molecule has 0 saturated heterocycles. The summed E-state index contributed by atoms with van der Waals surface area (Å²) in [4.78, 5) is 26.2. The van der Waals surface area contributed by atoms with Gasteiger partial charge >= 0.3 is 5.97 Å². The molecule has 6 nitrogen and oxygen atoms in total. The Morgan fingerprint density at radius 1 is 0.975 bits per heavy atom. The third-order valence-corrected chi connectivity index (χ3v) is 14.1. The molecule has 0 heterocycles. The number of hydrogen-bond acceptors (Lipinski definition) is 5. The highest BCUT2D eigenvalue weighted by Gasteiger charge is 2.69. The van der Waals surface area contributed by atoms with E-state index in [4.69, 9.17) is 9.84 Å². The minimum absolute atomic E-state index is 0.0162. The Morgan fingerprint density at radius 2 is 1.70 bits per heavy atom. The summed E-state index contributed by atoms with van der Waals surface area (Å²) < 4.78 is 5.76. The van der Waals surface area contributed by atoms with Gasteiger partial charge in [0.25, 0.3) is 5.91 Å². The van der Waals surface area contributed by atoms with Gasteiger partial charge in [-0.25, -0.2) is 0 Å². The molecule has 10 atom stereocenters. The Bertz CT molecular complexity index is 1050. The molecular weight excluding hydrogens is 502 g/mol. The van der Waals surface area contributed by atoms with E-state index < -0.39 is 5.41 Å². The van der Waals surface area contributed by atoms with E-state index in [1.165, 1.54) is 12.0 Å². The SMILES string of the molecule is C[C@@H]1CC[C@]2(C(=O)OCC(=O)NCCO)CC[C@]3(C)C(=CCC4[C@@]5(C)CC[C@H](O)C(C)(C)C5CC[C@]43C)C2[C@H]1C. The molecule has 1 amide bonds. The fourth-order valence-corrected chi connectivity index (χ4v) is 11.4. The number of carbonyl (C=O) groups is 2. The standard InChI is InChI=1S/C34H55NO5/c1-21-10-15-34(29(39)40-20-27(38)35-18-19-36)17-16-32(6)23(28(34)22(21)2)8-9-25-31(5)13-12-26(37)30(3,4)24(31)11-14-33(25,32)7/h8,21-22,24-26,28,36-37H,9-20H2,1-7H3,(H,35,38)/t21-,22+,24?,25?,26+,28?,31+,32-,33-,34+/m1/s1. The van der Waals surface area contributed by atoms with E-state index in [-0.39, 0.29) is 65.3 Å². The Hall–Kier alpha value is -1.40. The average molecular weight is 558 g/mol. The summed E-state index contributed by atoms with van der Waals surface area (Å²) in [7, 11) is 0. The van der Waals surface area contributed by atoms with Gasteiger partial charge in [0.15, 0.2) is 6.61 Å². The van der Waals surface area contributed by atoms with Crippen molar-refractivity contribution in [1.82, 2.24) is 5.32 Å². The zero-order chi connectivity index (χ0) is 29.3. The zero-order valence-electron chi connectivity index (χ0n) is 26.1. The number of allylic oxidation sites excluding steroid dienone is 2. The highest BCUT2D eigenvalue weighted by atomic mass is 16.5. The maximum Gasteiger partial charge on any atom is 0.313 e. The number of rotatable bonds is 5. The van der Waals surface area contributed by atoms with Crippen LogP contribution in [0.1, 0.15) is 106 Å². The lowest BCUT2D eigenvalue weighted by atomic mass is 9.33. The molecule has 0 aliphatic heterocycles. The number of fused-ring (bicyclic) bond motifs is 7. The summed E-state index contributed by atoms with van der Waals surface area (Å²) in [5, 5.41) is 22.6. The topological polar surface area (TPSA) is 95.9 Å². The molecule has 5 aliphatic rings. The monoisotopic (exact) mass is 557 g/mol. The summed E-state index contributed by atoms with van der Waals surface area (Å²) in [6.07, 6.45) is 11.3. The second-order valence-corrected chi connectivity index (χ2v) is 15.8. The third kappa shape index (κ3) is 4.08. The number of hydrogen-bond donors (Lipinski definition) is 3. The van der Waals surface area contributed by atoms with Gasteiger partial charge in [0.1, 0.15) is 0 Å². The molecule has 0 aromatic carbocycles. The Labute approximate surface area is 242 Å². The molecule has 40 heavy (non-hydrogen) atoms. The van der Waals surface area contributed by atoms with E-state index in [0.717, 1.165) is 51.4 Å². The molecule has 4 saturated carbocycles. The molecule has 0 aromatic heterocycles. The zero-order valence-corrected chi connectivity index (χ0v) is 26.1. The van der Waals surface area contributed by atoms with E-state index in [0.29, 0.717) is 23.7 Å². The molecule has 5 aliphatic carbocycles. The first kappa shape index (κ1) is 30.1. The number of aliphatic hydroxyl groups excluding tert-OH is 2. The first-order valence-corrected chi connectivity index (χ1v) is 16.1. The summed E-state index contributed by atoms with van der Waals surface area (Å²) >= 11 is 0. The maximum atomic E-state index is 14.0. The quantitative estimate of drug-likeness (QED) is 0.300. The number of aliphatic hydroxyl groups is 2. The molecule has 0 spiro atoms. The van der Waals surface area contributed by atoms with Crippen molar-refractivity contribution < 1.29 is 24.5 Å². The van der Waals surface area contributed by atoms with Crippen LogP contribution in [0.3, 0.4) is 0 Å². The number of esters is 1. The van der Waals surface area contributed by atoms with E-state index in [1.807, 2.05) is 0 Å². The van der Waals surface area contributed by atoms with Gasteiger partial charge in [-0.05, 0) is 109 Å². The van der Waals surface area contributed by atoms with Crippen LogP contribution in [0.4, 0.5) is 0 Å². The lowest BCUT2D eigenvalue weighted by Gasteiger charge is -2.71. The van der Waals surface area contributed by atoms with Gasteiger partial charge in [-0.1, -0.05) is 60.1 Å². The minimum Gasteiger partial charge on any atom is -0.455 e. The van der Waals surface area contributed by atoms with Crippen molar-refractivity contribution in [2.24, 2.45) is 56.7 Å². The number of amides is 1. The predicted octanol–water partition coefficient (Wildman–Crippen LogP) is 5.66. The molecule has 3 unspecified atom stereocenters. The number of carbonyl (C=O) groups excluding carboxylic acids is 2. The van der Waals surface area contributed by atoms with E-state index >= 15 is 0 Å². The Balaban J connectivity index is 1.50. The first-order valence-electron chi connectivity index (χ1n) is 16.1. The van der Waals surface area contributed by atoms with Crippen LogP contribution < -0.4 is 5.32 Å². The van der Waals surface area contributed by atoms with Crippen LogP contribution in [-0.4, -0.2) is 48.0 Å². The van der Waals surface area contributed by atoms with Crippen molar-refractivity contribution in [2.45, 2.75) is 112 Å². The third-order valence-electron chi connectivity index (χ3n) is 14.1. The number of nitrogens with one attached hydrogen (secondary N) is 1. The lowest BCUT2D eigenvalue weighted by Crippen LogP contribution is -2.65. The molecule has 4 fully saturated rings. The fourth-order valence-electron chi connectivity index (χ4n) is 11.4. The Morgan fingerprint density at radius 3 is 2.40 bits per heavy atom. The highest BCUT2D eigenvalue weighted by Crippen LogP contribution is 2.75. The van der Waals surface area contributed by atoms with Crippen molar-refractivity contribution in [2.75, 3.05) is 19.8 Å². The molecule has 0 bridgehead atoms. The lowest BCUT2D eigenvalue weighted by molar-refractivity contribution is -0.207. The van der Waals surface area contributed by atoms with Crippen molar-refractivity contribution in [3.05, 3.63) is 11.6 Å². The summed E-state index contributed by atoms with van der Waals surface area (Å²) in [5.41, 5.74) is 1.21. The highest BCUT2D eigenvalue weighted by molar-refractivity contribution is 5.83. The molecule has 226 valence electrons. The van der Waals surface area contributed by atoms with Crippen LogP contribution in [0.2, 0.25) is 0 Å². The van der Waals surface area contributed by atoms with Crippen LogP contribution in [0, 0.1) is 56.7 Å². The van der Waals surface area contributed by atoms with Gasteiger partial charge in [-0.15, -0.1) is 0 Å². The first-order chi connectivity index (χ1) is 18.7.